The van der Waals surface area contributed by atoms with Crippen LogP contribution in [-0.4, -0.2) is 44.1 Å². The molecule has 1 heterocycles. The first kappa shape index (κ1) is 12.5. The molecule has 0 unspecified atom stereocenters. The maximum Gasteiger partial charge on any atom is 0.307 e. The number of hydrogen-bond donors (Lipinski definition) is 2. The SMILES string of the molecule is CN(Cc1ncn[nH]1)C(=O)[C@@H]1CCC[C@@H]1C(=O)O. The van der Waals surface area contributed by atoms with Crippen LogP contribution >= 0.6 is 0 Å². The standard InChI is InChI=1S/C11H16N4O3/c1-15(5-9-12-6-13-14-9)10(16)7-3-2-4-8(7)11(17)18/h6-8H,2-5H2,1H3,(H,17,18)(H,12,13,14)/t7-,8+/m1/s1. The number of rotatable bonds is 4. The molecule has 2 rings (SSSR count). The quantitative estimate of drug-likeness (QED) is 0.801. The second-order valence-electron chi connectivity index (χ2n) is 4.61. The van der Waals surface area contributed by atoms with Crippen LogP contribution < -0.4 is 0 Å². The summed E-state index contributed by atoms with van der Waals surface area (Å²) in [6.07, 6.45) is 3.41. The predicted molar refractivity (Wildman–Crippen MR) is 61.3 cm³/mol. The molecular weight excluding hydrogens is 236 g/mol. The van der Waals surface area contributed by atoms with E-state index >= 15 is 0 Å². The van der Waals surface area contributed by atoms with Crippen LogP contribution in [0.1, 0.15) is 25.1 Å². The summed E-state index contributed by atoms with van der Waals surface area (Å²) >= 11 is 0. The van der Waals surface area contributed by atoms with Crippen LogP contribution in [0.4, 0.5) is 0 Å². The van der Waals surface area contributed by atoms with E-state index in [4.69, 9.17) is 5.11 Å². The molecule has 7 nitrogen and oxygen atoms in total. The Morgan fingerprint density at radius 2 is 2.22 bits per heavy atom. The van der Waals surface area contributed by atoms with E-state index in [-0.39, 0.29) is 5.91 Å². The van der Waals surface area contributed by atoms with Gasteiger partial charge in [0.1, 0.15) is 12.2 Å². The van der Waals surface area contributed by atoms with Gasteiger partial charge in [0, 0.05) is 7.05 Å². The fourth-order valence-corrected chi connectivity index (χ4v) is 2.44. The number of nitrogens with one attached hydrogen (secondary N) is 1. The number of carboxylic acid groups (broad SMARTS) is 1. The molecule has 1 aliphatic rings. The van der Waals surface area contributed by atoms with E-state index in [9.17, 15) is 9.59 Å². The van der Waals surface area contributed by atoms with Crippen molar-refractivity contribution in [3.63, 3.8) is 0 Å². The van der Waals surface area contributed by atoms with E-state index in [1.54, 1.807) is 7.05 Å². The second kappa shape index (κ2) is 5.16. The molecule has 0 aromatic carbocycles. The molecule has 98 valence electrons. The van der Waals surface area contributed by atoms with Crippen molar-refractivity contribution in [2.75, 3.05) is 7.05 Å². The first-order valence-electron chi connectivity index (χ1n) is 5.91. The fourth-order valence-electron chi connectivity index (χ4n) is 2.44. The van der Waals surface area contributed by atoms with Gasteiger partial charge in [-0.2, -0.15) is 5.10 Å². The lowest BCUT2D eigenvalue weighted by atomic mass is 9.95. The number of aromatic amines is 1. The number of carboxylic acids is 1. The summed E-state index contributed by atoms with van der Waals surface area (Å²) in [4.78, 5) is 28.7. The van der Waals surface area contributed by atoms with Crippen LogP contribution in [0.2, 0.25) is 0 Å². The van der Waals surface area contributed by atoms with Crippen molar-refractivity contribution in [3.05, 3.63) is 12.2 Å². The summed E-state index contributed by atoms with van der Waals surface area (Å²) in [5.74, 6) is -1.36. The number of amides is 1. The molecule has 0 radical (unpaired) electrons. The average Bonchev–Trinajstić information content (AvgIpc) is 2.97. The number of aromatic nitrogens is 3. The third-order valence-electron chi connectivity index (χ3n) is 3.38. The summed E-state index contributed by atoms with van der Waals surface area (Å²) < 4.78 is 0. The molecule has 0 aliphatic heterocycles. The highest BCUT2D eigenvalue weighted by Gasteiger charge is 2.39. The number of H-pyrrole nitrogens is 1. The van der Waals surface area contributed by atoms with E-state index < -0.39 is 17.8 Å². The fraction of sp³-hybridized carbons (Fsp3) is 0.636. The smallest absolute Gasteiger partial charge is 0.307 e. The van der Waals surface area contributed by atoms with Crippen LogP contribution in [0.3, 0.4) is 0 Å². The van der Waals surface area contributed by atoms with Crippen molar-refractivity contribution in [1.29, 1.82) is 0 Å². The largest absolute Gasteiger partial charge is 0.481 e. The number of hydrogen-bond acceptors (Lipinski definition) is 4. The zero-order chi connectivity index (χ0) is 13.1. The maximum atomic E-state index is 12.2. The highest BCUT2D eigenvalue weighted by molar-refractivity contribution is 5.85. The minimum Gasteiger partial charge on any atom is -0.481 e. The first-order valence-corrected chi connectivity index (χ1v) is 5.91. The lowest BCUT2D eigenvalue weighted by molar-refractivity contribution is -0.148. The molecule has 0 bridgehead atoms. The molecule has 1 fully saturated rings. The van der Waals surface area contributed by atoms with Crippen LogP contribution in [0, 0.1) is 11.8 Å². The summed E-state index contributed by atoms with van der Waals surface area (Å²) in [5.41, 5.74) is 0. The molecule has 7 heteroatoms. The van der Waals surface area contributed by atoms with Crippen molar-refractivity contribution in [2.24, 2.45) is 11.8 Å². The lowest BCUT2D eigenvalue weighted by Crippen LogP contribution is -2.36. The van der Waals surface area contributed by atoms with E-state index in [2.05, 4.69) is 15.2 Å². The van der Waals surface area contributed by atoms with E-state index in [0.717, 1.165) is 6.42 Å². The molecule has 2 atom stereocenters. The van der Waals surface area contributed by atoms with Crippen LogP contribution in [0.25, 0.3) is 0 Å². The highest BCUT2D eigenvalue weighted by Crippen LogP contribution is 2.33. The monoisotopic (exact) mass is 252 g/mol. The Labute approximate surface area is 104 Å². The Balaban J connectivity index is 1.99. The Bertz CT molecular complexity index is 432. The lowest BCUT2D eigenvalue weighted by Gasteiger charge is -2.22. The highest BCUT2D eigenvalue weighted by atomic mass is 16.4. The number of carbonyl (C=O) groups excluding carboxylic acids is 1. The molecule has 18 heavy (non-hydrogen) atoms. The van der Waals surface area contributed by atoms with Gasteiger partial charge in [-0.3, -0.25) is 14.7 Å². The molecule has 1 aliphatic carbocycles. The van der Waals surface area contributed by atoms with Gasteiger partial charge in [0.2, 0.25) is 5.91 Å². The molecule has 1 saturated carbocycles. The van der Waals surface area contributed by atoms with Crippen LogP contribution in [-0.2, 0) is 16.1 Å². The Morgan fingerprint density at radius 3 is 2.83 bits per heavy atom. The molecule has 2 N–H and O–H groups in total. The van der Waals surface area contributed by atoms with Crippen molar-refractivity contribution in [1.82, 2.24) is 20.1 Å². The maximum absolute atomic E-state index is 12.2. The first-order chi connectivity index (χ1) is 8.59. The second-order valence-corrected chi connectivity index (χ2v) is 4.61. The molecular formula is C11H16N4O3. The summed E-state index contributed by atoms with van der Waals surface area (Å²) in [6, 6.07) is 0. The average molecular weight is 252 g/mol. The van der Waals surface area contributed by atoms with E-state index in [0.29, 0.717) is 25.2 Å². The number of nitrogens with zero attached hydrogens (tertiary/aromatic N) is 3. The van der Waals surface area contributed by atoms with Crippen molar-refractivity contribution >= 4 is 11.9 Å². The number of aliphatic carboxylic acids is 1. The zero-order valence-corrected chi connectivity index (χ0v) is 10.2. The molecule has 0 spiro atoms. The normalized spacial score (nSPS) is 22.9. The topological polar surface area (TPSA) is 99.2 Å². The van der Waals surface area contributed by atoms with Gasteiger partial charge in [0.25, 0.3) is 0 Å². The van der Waals surface area contributed by atoms with Crippen molar-refractivity contribution < 1.29 is 14.7 Å². The van der Waals surface area contributed by atoms with Gasteiger partial charge in [0.15, 0.2) is 0 Å². The van der Waals surface area contributed by atoms with Gasteiger partial charge in [-0.1, -0.05) is 6.42 Å². The number of carbonyl (C=O) groups is 2. The Morgan fingerprint density at radius 1 is 1.50 bits per heavy atom. The van der Waals surface area contributed by atoms with E-state index in [1.165, 1.54) is 11.2 Å². The van der Waals surface area contributed by atoms with Crippen LogP contribution in [0.15, 0.2) is 6.33 Å². The van der Waals surface area contributed by atoms with Gasteiger partial charge in [-0.15, -0.1) is 0 Å². The summed E-state index contributed by atoms with van der Waals surface area (Å²) in [6.45, 7) is 0.321. The predicted octanol–water partition coefficient (Wildman–Crippen LogP) is 0.264. The van der Waals surface area contributed by atoms with Gasteiger partial charge in [-0.25, -0.2) is 4.98 Å². The van der Waals surface area contributed by atoms with Crippen LogP contribution in [0.5, 0.6) is 0 Å². The third kappa shape index (κ3) is 2.49. The van der Waals surface area contributed by atoms with Crippen molar-refractivity contribution in [3.8, 4) is 0 Å². The van der Waals surface area contributed by atoms with Gasteiger partial charge in [0.05, 0.1) is 18.4 Å². The Hall–Kier alpha value is -1.92. The van der Waals surface area contributed by atoms with Gasteiger partial charge >= 0.3 is 5.97 Å². The van der Waals surface area contributed by atoms with Crippen molar-refractivity contribution in [2.45, 2.75) is 25.8 Å². The Kier molecular flexibility index (Phi) is 3.59. The van der Waals surface area contributed by atoms with Gasteiger partial charge < -0.3 is 10.0 Å². The third-order valence-corrected chi connectivity index (χ3v) is 3.38. The summed E-state index contributed by atoms with van der Waals surface area (Å²) in [5, 5.41) is 15.5. The molecule has 0 saturated heterocycles. The minimum atomic E-state index is -0.876. The van der Waals surface area contributed by atoms with E-state index in [1.807, 2.05) is 0 Å². The van der Waals surface area contributed by atoms with Gasteiger partial charge in [-0.05, 0) is 12.8 Å². The summed E-state index contributed by atoms with van der Waals surface area (Å²) in [7, 11) is 1.65. The molecule has 1 aromatic heterocycles. The zero-order valence-electron chi connectivity index (χ0n) is 10.2. The molecule has 1 amide bonds. The minimum absolute atomic E-state index is 0.128. The molecule has 1 aromatic rings.